The molecule has 34 heavy (non-hydrogen) atoms. The summed E-state index contributed by atoms with van der Waals surface area (Å²) < 4.78 is 6.67. The smallest absolute Gasteiger partial charge is 0.293 e. The minimum absolute atomic E-state index is 0.182. The summed E-state index contributed by atoms with van der Waals surface area (Å²) in [5, 5.41) is 3.00. The number of rotatable bonds is 7. The van der Waals surface area contributed by atoms with Crippen molar-refractivity contribution in [3.8, 4) is 5.75 Å². The van der Waals surface area contributed by atoms with Crippen LogP contribution < -0.4 is 10.1 Å². The fraction of sp³-hybridized carbons (Fsp3) is 0.0800. The monoisotopic (exact) mass is 604 g/mol. The van der Waals surface area contributed by atoms with Crippen LogP contribution in [0.5, 0.6) is 5.75 Å². The largest absolute Gasteiger partial charge is 0.484 e. The lowest BCUT2D eigenvalue weighted by atomic mass is 10.2. The number of anilines is 1. The zero-order valence-electron chi connectivity index (χ0n) is 17.7. The van der Waals surface area contributed by atoms with Crippen molar-refractivity contribution in [1.29, 1.82) is 0 Å². The molecule has 0 radical (unpaired) electrons. The van der Waals surface area contributed by atoms with E-state index in [0.717, 1.165) is 20.9 Å². The van der Waals surface area contributed by atoms with Crippen molar-refractivity contribution in [2.75, 3.05) is 11.9 Å². The first-order chi connectivity index (χ1) is 16.4. The van der Waals surface area contributed by atoms with Crippen molar-refractivity contribution in [2.24, 2.45) is 0 Å². The van der Waals surface area contributed by atoms with Crippen LogP contribution in [0.15, 0.2) is 77.7 Å². The van der Waals surface area contributed by atoms with Crippen LogP contribution in [0.3, 0.4) is 0 Å². The molecule has 3 amide bonds. The van der Waals surface area contributed by atoms with E-state index in [9.17, 15) is 14.4 Å². The molecule has 0 bridgehead atoms. The van der Waals surface area contributed by atoms with Gasteiger partial charge in [0.1, 0.15) is 5.75 Å². The minimum Gasteiger partial charge on any atom is -0.484 e. The molecular formula is C25H18ClIN2O4S. The van der Waals surface area contributed by atoms with Crippen molar-refractivity contribution in [3.63, 3.8) is 0 Å². The highest BCUT2D eigenvalue weighted by Gasteiger charge is 2.34. The lowest BCUT2D eigenvalue weighted by Crippen LogP contribution is -2.27. The third-order valence-corrected chi connectivity index (χ3v) is 6.66. The second-order valence-electron chi connectivity index (χ2n) is 7.31. The van der Waals surface area contributed by atoms with Crippen molar-refractivity contribution < 1.29 is 19.1 Å². The van der Waals surface area contributed by atoms with Gasteiger partial charge in [-0.15, -0.1) is 0 Å². The molecule has 4 rings (SSSR count). The number of halogens is 2. The third kappa shape index (κ3) is 6.40. The molecular weight excluding hydrogens is 587 g/mol. The number of nitrogens with zero attached hydrogens (tertiary/aromatic N) is 1. The number of thioether (sulfide) groups is 1. The highest BCUT2D eigenvalue weighted by molar-refractivity contribution is 14.1. The van der Waals surface area contributed by atoms with Crippen LogP contribution in [0.4, 0.5) is 10.5 Å². The van der Waals surface area contributed by atoms with Crippen molar-refractivity contribution in [1.82, 2.24) is 4.90 Å². The topological polar surface area (TPSA) is 75.7 Å². The number of ether oxygens (including phenoxy) is 1. The number of amides is 3. The van der Waals surface area contributed by atoms with Crippen LogP contribution in [-0.4, -0.2) is 28.6 Å². The molecule has 1 saturated heterocycles. The van der Waals surface area contributed by atoms with E-state index in [1.807, 2.05) is 24.3 Å². The second kappa shape index (κ2) is 11.1. The lowest BCUT2D eigenvalue weighted by molar-refractivity contribution is -0.123. The van der Waals surface area contributed by atoms with Crippen LogP contribution in [0.1, 0.15) is 11.1 Å². The Kier molecular flexibility index (Phi) is 7.91. The van der Waals surface area contributed by atoms with Gasteiger partial charge in [-0.1, -0.05) is 35.9 Å². The fourth-order valence-corrected chi connectivity index (χ4v) is 4.46. The average Bonchev–Trinajstić information content (AvgIpc) is 3.08. The van der Waals surface area contributed by atoms with E-state index in [1.165, 1.54) is 4.90 Å². The number of hydrogen-bond donors (Lipinski definition) is 1. The van der Waals surface area contributed by atoms with Gasteiger partial charge in [0.2, 0.25) is 0 Å². The first kappa shape index (κ1) is 24.3. The van der Waals surface area contributed by atoms with Crippen molar-refractivity contribution in [2.45, 2.75) is 6.54 Å². The van der Waals surface area contributed by atoms with E-state index in [2.05, 4.69) is 27.9 Å². The zero-order valence-corrected chi connectivity index (χ0v) is 21.4. The van der Waals surface area contributed by atoms with Crippen LogP contribution in [-0.2, 0) is 16.1 Å². The van der Waals surface area contributed by atoms with E-state index in [-0.39, 0.29) is 30.2 Å². The maximum Gasteiger partial charge on any atom is 0.293 e. The van der Waals surface area contributed by atoms with Crippen molar-refractivity contribution >= 4 is 74.8 Å². The van der Waals surface area contributed by atoms with Gasteiger partial charge in [0.15, 0.2) is 6.61 Å². The van der Waals surface area contributed by atoms with Crippen LogP contribution >= 0.6 is 46.0 Å². The maximum atomic E-state index is 12.8. The molecule has 1 heterocycles. The van der Waals surface area contributed by atoms with Gasteiger partial charge in [0.25, 0.3) is 17.1 Å². The van der Waals surface area contributed by atoms with Gasteiger partial charge >= 0.3 is 0 Å². The number of imide groups is 1. The van der Waals surface area contributed by atoms with E-state index in [1.54, 1.807) is 54.6 Å². The summed E-state index contributed by atoms with van der Waals surface area (Å²) in [7, 11) is 0. The Bertz CT molecular complexity index is 1260. The van der Waals surface area contributed by atoms with Gasteiger partial charge in [-0.25, -0.2) is 0 Å². The predicted molar refractivity (Wildman–Crippen MR) is 143 cm³/mol. The summed E-state index contributed by atoms with van der Waals surface area (Å²) in [6, 6.07) is 21.4. The highest BCUT2D eigenvalue weighted by atomic mass is 127. The Morgan fingerprint density at radius 3 is 2.53 bits per heavy atom. The molecule has 0 aliphatic carbocycles. The Labute approximate surface area is 219 Å². The molecule has 0 saturated carbocycles. The zero-order chi connectivity index (χ0) is 24.1. The molecule has 1 aliphatic heterocycles. The average molecular weight is 605 g/mol. The summed E-state index contributed by atoms with van der Waals surface area (Å²) in [5.41, 5.74) is 2.19. The molecule has 1 fully saturated rings. The lowest BCUT2D eigenvalue weighted by Gasteiger charge is -2.12. The van der Waals surface area contributed by atoms with Crippen LogP contribution in [0.25, 0.3) is 6.08 Å². The molecule has 0 unspecified atom stereocenters. The quantitative estimate of drug-likeness (QED) is 0.257. The standard InChI is InChI=1S/C25H18ClIN2O4S/c26-18-6-10-20(11-7-18)28-23(30)15-33-21-3-1-2-17(12-21)13-22-24(31)29(25(32)34-22)14-16-4-8-19(27)9-5-16/h1-13H,14-15H2,(H,28,30)/b22-13-. The molecule has 0 atom stereocenters. The first-order valence-corrected chi connectivity index (χ1v) is 12.4. The Morgan fingerprint density at radius 2 is 1.79 bits per heavy atom. The summed E-state index contributed by atoms with van der Waals surface area (Å²) in [5.74, 6) is -0.176. The molecule has 172 valence electrons. The molecule has 0 aromatic heterocycles. The predicted octanol–water partition coefficient (Wildman–Crippen LogP) is 6.20. The molecule has 9 heteroatoms. The van der Waals surface area contributed by atoms with E-state index in [0.29, 0.717) is 26.9 Å². The molecule has 1 N–H and O–H groups in total. The van der Waals surface area contributed by atoms with Gasteiger partial charge in [-0.2, -0.15) is 0 Å². The third-order valence-electron chi connectivity index (χ3n) is 4.78. The van der Waals surface area contributed by atoms with E-state index < -0.39 is 0 Å². The van der Waals surface area contributed by atoms with Gasteiger partial charge in [0.05, 0.1) is 11.4 Å². The number of carbonyl (C=O) groups excluding carboxylic acids is 3. The molecule has 3 aromatic carbocycles. The SMILES string of the molecule is O=C(COc1cccc(/C=C2\SC(=O)N(Cc3ccc(I)cc3)C2=O)c1)Nc1ccc(Cl)cc1. The highest BCUT2D eigenvalue weighted by Crippen LogP contribution is 2.33. The number of hydrogen-bond acceptors (Lipinski definition) is 5. The Hall–Kier alpha value is -2.82. The maximum absolute atomic E-state index is 12.8. The Balaban J connectivity index is 1.38. The van der Waals surface area contributed by atoms with E-state index in [4.69, 9.17) is 16.3 Å². The van der Waals surface area contributed by atoms with Crippen LogP contribution in [0, 0.1) is 3.57 Å². The Morgan fingerprint density at radius 1 is 1.06 bits per heavy atom. The van der Waals surface area contributed by atoms with Gasteiger partial charge < -0.3 is 10.1 Å². The summed E-state index contributed by atoms with van der Waals surface area (Å²) in [6.45, 7) is 0.0451. The van der Waals surface area contributed by atoms with Crippen molar-refractivity contribution in [3.05, 3.63) is 97.4 Å². The minimum atomic E-state index is -0.331. The van der Waals surface area contributed by atoms with Gasteiger partial charge in [-0.3, -0.25) is 19.3 Å². The second-order valence-corrected chi connectivity index (χ2v) is 9.99. The van der Waals surface area contributed by atoms with Gasteiger partial charge in [0, 0.05) is 14.3 Å². The van der Waals surface area contributed by atoms with Gasteiger partial charge in [-0.05, 0) is 100 Å². The molecule has 0 spiro atoms. The molecule has 3 aromatic rings. The number of benzene rings is 3. The summed E-state index contributed by atoms with van der Waals surface area (Å²) in [6.07, 6.45) is 1.65. The number of nitrogens with one attached hydrogen (secondary N) is 1. The van der Waals surface area contributed by atoms with E-state index >= 15 is 0 Å². The van der Waals surface area contributed by atoms with Crippen LogP contribution in [0.2, 0.25) is 5.02 Å². The molecule has 6 nitrogen and oxygen atoms in total. The fourth-order valence-electron chi connectivity index (χ4n) is 3.13. The summed E-state index contributed by atoms with van der Waals surface area (Å²) >= 11 is 8.96. The normalized spacial score (nSPS) is 14.5. The summed E-state index contributed by atoms with van der Waals surface area (Å²) in [4.78, 5) is 39.0. The molecule has 1 aliphatic rings. The number of carbonyl (C=O) groups is 3. The first-order valence-electron chi connectivity index (χ1n) is 10.2.